The van der Waals surface area contributed by atoms with Crippen molar-refractivity contribution in [1.82, 2.24) is 9.62 Å². The van der Waals surface area contributed by atoms with Gasteiger partial charge in [-0.15, -0.1) is 4.31 Å². The Hall–Kier alpha value is 0.270. The van der Waals surface area contributed by atoms with E-state index in [-0.39, 0.29) is 0 Å². The summed E-state index contributed by atoms with van der Waals surface area (Å²) in [6.07, 6.45) is 4.69. The van der Waals surface area contributed by atoms with E-state index in [4.69, 9.17) is 0 Å². The highest BCUT2D eigenvalue weighted by molar-refractivity contribution is 7.75. The lowest BCUT2D eigenvalue weighted by molar-refractivity contribution is 0.422. The average molecular weight is 205 g/mol. The lowest BCUT2D eigenvalue weighted by Gasteiger charge is -2.15. The summed E-state index contributed by atoms with van der Waals surface area (Å²) < 4.78 is 2.45. The molecule has 0 rings (SSSR count). The number of hydrogen-bond acceptors (Lipinski definition) is 2. The van der Waals surface area contributed by atoms with E-state index in [9.17, 15) is 0 Å². The molecule has 0 aromatic heterocycles. The summed E-state index contributed by atoms with van der Waals surface area (Å²) >= 11 is 1.40. The molecule has 0 radical (unpaired) electrons. The molecule has 0 aromatic rings. The molecule has 0 fully saturated rings. The van der Waals surface area contributed by atoms with Crippen LogP contribution in [0.25, 0.3) is 0 Å². The number of hydrogen-bond donors (Lipinski definition) is 1. The van der Waals surface area contributed by atoms with Gasteiger partial charge in [-0.1, -0.05) is 6.92 Å². The summed E-state index contributed by atoms with van der Waals surface area (Å²) in [4.78, 5) is 0. The monoisotopic (exact) mass is 205 g/mol. The first-order valence-corrected chi connectivity index (χ1v) is 6.62. The molecular formula is C10H25N2S+. The first-order valence-electron chi connectivity index (χ1n) is 5.32. The van der Waals surface area contributed by atoms with Crippen molar-refractivity contribution in [3.63, 3.8) is 0 Å². The molecule has 0 aliphatic carbocycles. The van der Waals surface area contributed by atoms with E-state index in [2.05, 4.69) is 36.6 Å². The molecule has 0 bridgehead atoms. The maximum absolute atomic E-state index is 3.51. The van der Waals surface area contributed by atoms with E-state index in [1.165, 1.54) is 37.9 Å². The number of rotatable bonds is 8. The number of nitrogens with zero attached hydrogens (tertiary/aromatic N) is 1. The van der Waals surface area contributed by atoms with Crippen LogP contribution in [0.1, 0.15) is 33.6 Å². The third kappa shape index (κ3) is 7.35. The van der Waals surface area contributed by atoms with Crippen molar-refractivity contribution >= 4 is 11.9 Å². The standard InChI is InChI=1S/C10H24N2S/c1-5-8-11-10(3)7-9-12(6-2)13-4/h10-11H,5-9H2,1-4H3/p+1/t10-/m0/s1. The van der Waals surface area contributed by atoms with Crippen LogP contribution < -0.4 is 5.32 Å². The predicted molar refractivity (Wildman–Crippen MR) is 64.3 cm³/mol. The summed E-state index contributed by atoms with van der Waals surface area (Å²) in [7, 11) is 0. The quantitative estimate of drug-likeness (QED) is 0.476. The summed E-state index contributed by atoms with van der Waals surface area (Å²) in [6, 6.07) is 0.663. The van der Waals surface area contributed by atoms with Crippen LogP contribution in [0.4, 0.5) is 0 Å². The largest absolute Gasteiger partial charge is 0.314 e. The molecular weight excluding hydrogens is 180 g/mol. The van der Waals surface area contributed by atoms with Gasteiger partial charge in [0.05, 0.1) is 11.9 Å². The van der Waals surface area contributed by atoms with Crippen LogP contribution in [-0.4, -0.2) is 36.2 Å². The molecule has 0 unspecified atom stereocenters. The predicted octanol–water partition coefficient (Wildman–Crippen LogP) is 1.45. The second kappa shape index (κ2) is 8.85. The summed E-state index contributed by atoms with van der Waals surface area (Å²) in [6.45, 7) is 10.2. The molecule has 2 nitrogen and oxygen atoms in total. The molecule has 0 aliphatic rings. The normalized spacial score (nSPS) is 13.6. The van der Waals surface area contributed by atoms with Gasteiger partial charge in [0.25, 0.3) is 0 Å². The Kier molecular flexibility index (Phi) is 9.03. The third-order valence-electron chi connectivity index (χ3n) is 2.21. The van der Waals surface area contributed by atoms with Gasteiger partial charge in [0.1, 0.15) is 6.26 Å². The SMILES string of the molecule is CCCN[C@@H](C)CCN(CC)[SH+]C. The summed E-state index contributed by atoms with van der Waals surface area (Å²) in [5, 5.41) is 3.51. The molecule has 1 atom stereocenters. The Bertz CT molecular complexity index is 105. The van der Waals surface area contributed by atoms with Crippen molar-refractivity contribution in [3.05, 3.63) is 0 Å². The fourth-order valence-corrected chi connectivity index (χ4v) is 1.83. The number of nitrogens with one attached hydrogen (secondary N) is 1. The van der Waals surface area contributed by atoms with Gasteiger partial charge in [0.15, 0.2) is 0 Å². The van der Waals surface area contributed by atoms with Crippen LogP contribution >= 0.6 is 0 Å². The molecule has 3 heteroatoms. The molecule has 0 amide bonds. The maximum Gasteiger partial charge on any atom is 0.115 e. The molecule has 0 heterocycles. The highest BCUT2D eigenvalue weighted by atomic mass is 32.2. The second-order valence-corrected chi connectivity index (χ2v) is 4.36. The van der Waals surface area contributed by atoms with Crippen LogP contribution in [0.2, 0.25) is 0 Å². The van der Waals surface area contributed by atoms with Crippen molar-refractivity contribution in [1.29, 1.82) is 0 Å². The fraction of sp³-hybridized carbons (Fsp3) is 1.00. The molecule has 0 saturated heterocycles. The highest BCUT2D eigenvalue weighted by Gasteiger charge is 2.08. The van der Waals surface area contributed by atoms with Crippen LogP contribution in [0.3, 0.4) is 0 Å². The van der Waals surface area contributed by atoms with Crippen molar-refractivity contribution in [3.8, 4) is 0 Å². The van der Waals surface area contributed by atoms with Crippen molar-refractivity contribution in [2.45, 2.75) is 39.7 Å². The zero-order valence-corrected chi connectivity index (χ0v) is 10.4. The van der Waals surface area contributed by atoms with E-state index in [1.54, 1.807) is 0 Å². The van der Waals surface area contributed by atoms with Gasteiger partial charge < -0.3 is 5.32 Å². The molecule has 1 N–H and O–H groups in total. The Labute approximate surface area is 87.6 Å². The van der Waals surface area contributed by atoms with Crippen molar-refractivity contribution in [2.75, 3.05) is 25.9 Å². The fourth-order valence-electron chi connectivity index (χ4n) is 1.24. The van der Waals surface area contributed by atoms with Crippen molar-refractivity contribution < 1.29 is 0 Å². The second-order valence-electron chi connectivity index (χ2n) is 3.39. The summed E-state index contributed by atoms with van der Waals surface area (Å²) in [5.74, 6) is 0. The minimum atomic E-state index is 0.663. The zero-order valence-electron chi connectivity index (χ0n) is 9.51. The first-order chi connectivity index (χ1) is 6.24. The van der Waals surface area contributed by atoms with E-state index in [1.807, 2.05) is 0 Å². The minimum absolute atomic E-state index is 0.663. The molecule has 13 heavy (non-hydrogen) atoms. The van der Waals surface area contributed by atoms with Crippen LogP contribution in [0.5, 0.6) is 0 Å². The Balaban J connectivity index is 3.38. The van der Waals surface area contributed by atoms with Gasteiger partial charge in [-0.2, -0.15) is 0 Å². The van der Waals surface area contributed by atoms with Gasteiger partial charge >= 0.3 is 0 Å². The lowest BCUT2D eigenvalue weighted by Crippen LogP contribution is -2.32. The third-order valence-corrected chi connectivity index (χ3v) is 3.26. The maximum atomic E-state index is 3.51. The van der Waals surface area contributed by atoms with Gasteiger partial charge in [-0.25, -0.2) is 0 Å². The van der Waals surface area contributed by atoms with E-state index < -0.39 is 0 Å². The van der Waals surface area contributed by atoms with Crippen LogP contribution in [-0.2, 0) is 11.9 Å². The van der Waals surface area contributed by atoms with Crippen LogP contribution in [0, 0.1) is 0 Å². The number of thiol groups is 1. The smallest absolute Gasteiger partial charge is 0.115 e. The minimum Gasteiger partial charge on any atom is -0.314 e. The average Bonchev–Trinajstić information content (AvgIpc) is 2.16. The summed E-state index contributed by atoms with van der Waals surface area (Å²) in [5.41, 5.74) is 0. The van der Waals surface area contributed by atoms with E-state index in [0.717, 1.165) is 6.54 Å². The molecule has 0 spiro atoms. The topological polar surface area (TPSA) is 15.3 Å². The van der Waals surface area contributed by atoms with Gasteiger partial charge in [0.2, 0.25) is 0 Å². The van der Waals surface area contributed by atoms with Crippen LogP contribution in [0.15, 0.2) is 0 Å². The molecule has 80 valence electrons. The highest BCUT2D eigenvalue weighted by Crippen LogP contribution is 1.96. The first kappa shape index (κ1) is 13.3. The Morgan fingerprint density at radius 1 is 1.38 bits per heavy atom. The van der Waals surface area contributed by atoms with E-state index in [0.29, 0.717) is 6.04 Å². The molecule has 0 saturated carbocycles. The Morgan fingerprint density at radius 3 is 2.54 bits per heavy atom. The lowest BCUT2D eigenvalue weighted by atomic mass is 10.2. The molecule has 0 aromatic carbocycles. The van der Waals surface area contributed by atoms with E-state index >= 15 is 0 Å². The van der Waals surface area contributed by atoms with Crippen molar-refractivity contribution in [2.24, 2.45) is 0 Å². The van der Waals surface area contributed by atoms with Gasteiger partial charge in [0, 0.05) is 19.1 Å². The Morgan fingerprint density at radius 2 is 2.08 bits per heavy atom. The van der Waals surface area contributed by atoms with Gasteiger partial charge in [-0.05, 0) is 33.2 Å². The molecule has 0 aliphatic heterocycles. The zero-order chi connectivity index (χ0) is 10.1. The van der Waals surface area contributed by atoms with Gasteiger partial charge in [-0.3, -0.25) is 0 Å².